The first kappa shape index (κ1) is 12.8. The first-order valence-electron chi connectivity index (χ1n) is 6.55. The predicted molar refractivity (Wildman–Crippen MR) is 86.9 cm³/mol. The summed E-state index contributed by atoms with van der Waals surface area (Å²) in [4.78, 5) is 0. The predicted octanol–water partition coefficient (Wildman–Crippen LogP) is 4.27. The smallest absolute Gasteiger partial charge is 0.122 e. The number of ether oxygens (including phenoxy) is 1. The molecule has 2 nitrogen and oxygen atoms in total. The van der Waals surface area contributed by atoms with Gasteiger partial charge in [0, 0.05) is 21.7 Å². The van der Waals surface area contributed by atoms with Crippen LogP contribution in [-0.4, -0.2) is 13.2 Å². The molecule has 0 amide bonds. The monoisotopic (exact) mass is 365 g/mol. The molecule has 1 unspecified atom stereocenters. The van der Waals surface area contributed by atoms with Gasteiger partial charge in [-0.25, -0.2) is 0 Å². The average molecular weight is 365 g/mol. The topological polar surface area (TPSA) is 21.3 Å². The first-order valence-corrected chi connectivity index (χ1v) is 7.62. The van der Waals surface area contributed by atoms with Crippen molar-refractivity contribution >= 4 is 28.3 Å². The fourth-order valence-electron chi connectivity index (χ4n) is 2.47. The minimum atomic E-state index is 0.529. The molecule has 0 aromatic heterocycles. The molecule has 19 heavy (non-hydrogen) atoms. The lowest BCUT2D eigenvalue weighted by molar-refractivity contribution is 0.270. The standard InChI is InChI=1S/C16H16INO/c17-14-6-2-3-7-15(14)18-11-12-9-10-19-16-8-4-1-5-13(12)16/h1-8,12,18H,9-11H2. The highest BCUT2D eigenvalue weighted by atomic mass is 127. The molecule has 2 aromatic rings. The van der Waals surface area contributed by atoms with E-state index in [-0.39, 0.29) is 0 Å². The number of anilines is 1. The summed E-state index contributed by atoms with van der Waals surface area (Å²) in [7, 11) is 0. The van der Waals surface area contributed by atoms with E-state index >= 15 is 0 Å². The molecule has 3 rings (SSSR count). The highest BCUT2D eigenvalue weighted by Crippen LogP contribution is 2.33. The van der Waals surface area contributed by atoms with Crippen LogP contribution in [0.5, 0.6) is 5.75 Å². The molecule has 0 saturated heterocycles. The molecule has 0 saturated carbocycles. The van der Waals surface area contributed by atoms with Crippen LogP contribution in [0.4, 0.5) is 5.69 Å². The summed E-state index contributed by atoms with van der Waals surface area (Å²) in [5.41, 5.74) is 2.54. The van der Waals surface area contributed by atoms with E-state index in [1.807, 2.05) is 6.07 Å². The number of rotatable bonds is 3. The van der Waals surface area contributed by atoms with Crippen molar-refractivity contribution < 1.29 is 4.74 Å². The van der Waals surface area contributed by atoms with Gasteiger partial charge in [-0.3, -0.25) is 0 Å². The lowest BCUT2D eigenvalue weighted by Crippen LogP contribution is -2.20. The van der Waals surface area contributed by atoms with Crippen LogP contribution in [0.3, 0.4) is 0 Å². The normalized spacial score (nSPS) is 17.4. The van der Waals surface area contributed by atoms with E-state index in [1.54, 1.807) is 0 Å². The van der Waals surface area contributed by atoms with Gasteiger partial charge in [-0.2, -0.15) is 0 Å². The first-order chi connectivity index (χ1) is 9.34. The average Bonchev–Trinajstić information content (AvgIpc) is 2.46. The summed E-state index contributed by atoms with van der Waals surface area (Å²) >= 11 is 2.37. The molecule has 0 fully saturated rings. The molecule has 1 aliphatic heterocycles. The van der Waals surface area contributed by atoms with Crippen LogP contribution < -0.4 is 10.1 Å². The Balaban J connectivity index is 1.73. The van der Waals surface area contributed by atoms with Crippen LogP contribution in [0.25, 0.3) is 0 Å². The molecule has 0 bridgehead atoms. The summed E-state index contributed by atoms with van der Waals surface area (Å²) in [5.74, 6) is 1.57. The summed E-state index contributed by atoms with van der Waals surface area (Å²) in [6.45, 7) is 1.77. The number of benzene rings is 2. The van der Waals surface area contributed by atoms with Gasteiger partial charge in [-0.1, -0.05) is 30.3 Å². The van der Waals surface area contributed by atoms with E-state index in [4.69, 9.17) is 4.74 Å². The quantitative estimate of drug-likeness (QED) is 0.821. The van der Waals surface area contributed by atoms with Crippen molar-refractivity contribution in [2.75, 3.05) is 18.5 Å². The number of hydrogen-bond donors (Lipinski definition) is 1. The Hall–Kier alpha value is -1.23. The molecule has 0 spiro atoms. The Morgan fingerprint density at radius 2 is 1.89 bits per heavy atom. The SMILES string of the molecule is Ic1ccccc1NCC1CCOc2ccccc21. The van der Waals surface area contributed by atoms with Crippen molar-refractivity contribution in [1.82, 2.24) is 0 Å². The van der Waals surface area contributed by atoms with Crippen LogP contribution in [0, 0.1) is 3.57 Å². The Morgan fingerprint density at radius 3 is 2.79 bits per heavy atom. The highest BCUT2D eigenvalue weighted by molar-refractivity contribution is 14.1. The fraction of sp³-hybridized carbons (Fsp3) is 0.250. The Morgan fingerprint density at radius 1 is 1.11 bits per heavy atom. The summed E-state index contributed by atoms with van der Waals surface area (Å²) in [6.07, 6.45) is 1.08. The van der Waals surface area contributed by atoms with Crippen molar-refractivity contribution in [1.29, 1.82) is 0 Å². The number of fused-ring (bicyclic) bond motifs is 1. The molecule has 98 valence electrons. The molecule has 1 N–H and O–H groups in total. The Labute approximate surface area is 127 Å². The number of para-hydroxylation sites is 2. The van der Waals surface area contributed by atoms with E-state index in [9.17, 15) is 0 Å². The molecule has 0 radical (unpaired) electrons. The van der Waals surface area contributed by atoms with Crippen molar-refractivity contribution in [3.63, 3.8) is 0 Å². The zero-order valence-corrected chi connectivity index (χ0v) is 12.8. The van der Waals surface area contributed by atoms with Crippen LogP contribution >= 0.6 is 22.6 Å². The van der Waals surface area contributed by atoms with Crippen molar-refractivity contribution in [2.45, 2.75) is 12.3 Å². The largest absolute Gasteiger partial charge is 0.493 e. The summed E-state index contributed by atoms with van der Waals surface area (Å²) < 4.78 is 6.96. The maximum absolute atomic E-state index is 5.70. The van der Waals surface area contributed by atoms with E-state index in [2.05, 4.69) is 70.4 Å². The van der Waals surface area contributed by atoms with Crippen LogP contribution in [0.1, 0.15) is 17.9 Å². The van der Waals surface area contributed by atoms with Gasteiger partial charge in [0.15, 0.2) is 0 Å². The van der Waals surface area contributed by atoms with Gasteiger partial charge in [0.2, 0.25) is 0 Å². The minimum Gasteiger partial charge on any atom is -0.493 e. The second kappa shape index (κ2) is 5.82. The van der Waals surface area contributed by atoms with Gasteiger partial charge in [0.25, 0.3) is 0 Å². The Bertz CT molecular complexity index is 570. The molecular weight excluding hydrogens is 349 g/mol. The zero-order chi connectivity index (χ0) is 13.1. The van der Waals surface area contributed by atoms with Gasteiger partial charge < -0.3 is 10.1 Å². The van der Waals surface area contributed by atoms with Gasteiger partial charge in [0.05, 0.1) is 6.61 Å². The molecular formula is C16H16INO. The third kappa shape index (κ3) is 2.86. The van der Waals surface area contributed by atoms with E-state index in [0.29, 0.717) is 5.92 Å². The summed E-state index contributed by atoms with van der Waals surface area (Å²) in [5, 5.41) is 3.56. The second-order valence-electron chi connectivity index (χ2n) is 4.73. The van der Waals surface area contributed by atoms with Crippen LogP contribution in [0.2, 0.25) is 0 Å². The van der Waals surface area contributed by atoms with Gasteiger partial charge in [0.1, 0.15) is 5.75 Å². The number of halogens is 1. The zero-order valence-electron chi connectivity index (χ0n) is 10.6. The third-order valence-electron chi connectivity index (χ3n) is 3.50. The lowest BCUT2D eigenvalue weighted by Gasteiger charge is -2.26. The van der Waals surface area contributed by atoms with Crippen molar-refractivity contribution in [3.8, 4) is 5.75 Å². The van der Waals surface area contributed by atoms with Gasteiger partial charge >= 0.3 is 0 Å². The molecule has 1 heterocycles. The second-order valence-corrected chi connectivity index (χ2v) is 5.89. The van der Waals surface area contributed by atoms with E-state index < -0.39 is 0 Å². The van der Waals surface area contributed by atoms with E-state index in [1.165, 1.54) is 14.8 Å². The molecule has 0 aliphatic carbocycles. The third-order valence-corrected chi connectivity index (χ3v) is 4.44. The number of hydrogen-bond acceptors (Lipinski definition) is 2. The minimum absolute atomic E-state index is 0.529. The molecule has 1 atom stereocenters. The molecule has 1 aliphatic rings. The highest BCUT2D eigenvalue weighted by Gasteiger charge is 2.20. The van der Waals surface area contributed by atoms with Gasteiger partial charge in [-0.15, -0.1) is 0 Å². The fourth-order valence-corrected chi connectivity index (χ4v) is 3.04. The summed E-state index contributed by atoms with van der Waals surface area (Å²) in [6, 6.07) is 16.8. The maximum Gasteiger partial charge on any atom is 0.122 e. The lowest BCUT2D eigenvalue weighted by atomic mass is 9.93. The van der Waals surface area contributed by atoms with Gasteiger partial charge in [-0.05, 0) is 52.8 Å². The Kier molecular flexibility index (Phi) is 3.92. The molecule has 2 aromatic carbocycles. The van der Waals surface area contributed by atoms with Crippen LogP contribution in [-0.2, 0) is 0 Å². The van der Waals surface area contributed by atoms with Crippen LogP contribution in [0.15, 0.2) is 48.5 Å². The van der Waals surface area contributed by atoms with Crippen molar-refractivity contribution in [2.24, 2.45) is 0 Å². The maximum atomic E-state index is 5.70. The number of nitrogens with one attached hydrogen (secondary N) is 1. The van der Waals surface area contributed by atoms with Crippen molar-refractivity contribution in [3.05, 3.63) is 57.7 Å². The van der Waals surface area contributed by atoms with E-state index in [0.717, 1.165) is 25.3 Å². The molecule has 3 heteroatoms.